The third kappa shape index (κ3) is 1.91. The minimum absolute atomic E-state index is 0.0907. The number of ketones is 1. The molecular formula is C19H15NO. The molecular weight excluding hydrogens is 258 g/mol. The van der Waals surface area contributed by atoms with Crippen LogP contribution in [0.5, 0.6) is 0 Å². The molecule has 1 atom stereocenters. The summed E-state index contributed by atoms with van der Waals surface area (Å²) in [7, 11) is 0. The maximum Gasteiger partial charge on any atom is 0.172 e. The van der Waals surface area contributed by atoms with E-state index in [0.29, 0.717) is 6.54 Å². The molecule has 0 saturated carbocycles. The van der Waals surface area contributed by atoms with Gasteiger partial charge in [0.1, 0.15) is 0 Å². The zero-order chi connectivity index (χ0) is 14.2. The fraction of sp³-hybridized carbons (Fsp3) is 0.105. The number of nitrogens with one attached hydrogen (secondary N) is 1. The Balaban J connectivity index is 1.82. The number of fused-ring (bicyclic) bond motifs is 2. The number of anilines is 1. The van der Waals surface area contributed by atoms with Gasteiger partial charge in [-0.05, 0) is 22.4 Å². The molecule has 21 heavy (non-hydrogen) atoms. The predicted molar refractivity (Wildman–Crippen MR) is 86.0 cm³/mol. The first-order valence-electron chi connectivity index (χ1n) is 7.19. The standard InChI is InChI=1S/C19H15NO/c21-19(17-12-20-18-11-4-3-9-15(17)18)16-10-5-7-13-6-1-2-8-14(13)16/h1-11,17,20H,12H2. The van der Waals surface area contributed by atoms with Crippen molar-refractivity contribution in [3.63, 3.8) is 0 Å². The van der Waals surface area contributed by atoms with Gasteiger partial charge in [0, 0.05) is 17.8 Å². The van der Waals surface area contributed by atoms with Crippen LogP contribution in [0.2, 0.25) is 0 Å². The number of hydrogen-bond donors (Lipinski definition) is 1. The van der Waals surface area contributed by atoms with E-state index in [9.17, 15) is 4.79 Å². The second-order valence-corrected chi connectivity index (χ2v) is 5.41. The van der Waals surface area contributed by atoms with Crippen LogP contribution in [0.25, 0.3) is 10.8 Å². The summed E-state index contributed by atoms with van der Waals surface area (Å²) in [5, 5.41) is 5.48. The van der Waals surface area contributed by atoms with Crippen LogP contribution in [0.1, 0.15) is 21.8 Å². The topological polar surface area (TPSA) is 29.1 Å². The average molecular weight is 273 g/mol. The van der Waals surface area contributed by atoms with Gasteiger partial charge in [0.05, 0.1) is 5.92 Å². The number of hydrogen-bond acceptors (Lipinski definition) is 2. The molecule has 4 rings (SSSR count). The van der Waals surface area contributed by atoms with Crippen molar-refractivity contribution >= 4 is 22.2 Å². The molecule has 0 saturated heterocycles. The Hall–Kier alpha value is -2.61. The normalized spacial score (nSPS) is 16.5. The monoisotopic (exact) mass is 273 g/mol. The van der Waals surface area contributed by atoms with E-state index in [1.165, 1.54) is 0 Å². The zero-order valence-corrected chi connectivity index (χ0v) is 11.5. The predicted octanol–water partition coefficient (Wildman–Crippen LogP) is 4.23. The van der Waals surface area contributed by atoms with Gasteiger partial charge in [-0.1, -0.05) is 60.7 Å². The van der Waals surface area contributed by atoms with E-state index in [1.54, 1.807) is 0 Å². The van der Waals surface area contributed by atoms with E-state index in [4.69, 9.17) is 0 Å². The van der Waals surface area contributed by atoms with Gasteiger partial charge >= 0.3 is 0 Å². The van der Waals surface area contributed by atoms with Crippen molar-refractivity contribution in [3.8, 4) is 0 Å². The van der Waals surface area contributed by atoms with Crippen molar-refractivity contribution in [2.24, 2.45) is 0 Å². The van der Waals surface area contributed by atoms with Crippen LogP contribution in [0.4, 0.5) is 5.69 Å². The summed E-state index contributed by atoms with van der Waals surface area (Å²) in [6, 6.07) is 22.1. The highest BCUT2D eigenvalue weighted by molar-refractivity contribution is 6.12. The summed E-state index contributed by atoms with van der Waals surface area (Å²) in [6.45, 7) is 0.682. The van der Waals surface area contributed by atoms with Crippen LogP contribution in [0.15, 0.2) is 66.7 Å². The Morgan fingerprint density at radius 2 is 1.67 bits per heavy atom. The van der Waals surface area contributed by atoms with E-state index < -0.39 is 0 Å². The van der Waals surface area contributed by atoms with Crippen molar-refractivity contribution < 1.29 is 4.79 Å². The van der Waals surface area contributed by atoms with Crippen molar-refractivity contribution in [2.45, 2.75) is 5.92 Å². The van der Waals surface area contributed by atoms with Crippen LogP contribution >= 0.6 is 0 Å². The second-order valence-electron chi connectivity index (χ2n) is 5.41. The van der Waals surface area contributed by atoms with Crippen LogP contribution in [0.3, 0.4) is 0 Å². The third-order valence-corrected chi connectivity index (χ3v) is 4.20. The zero-order valence-electron chi connectivity index (χ0n) is 11.5. The van der Waals surface area contributed by atoms with Gasteiger partial charge in [0.2, 0.25) is 0 Å². The van der Waals surface area contributed by atoms with Gasteiger partial charge in [-0.25, -0.2) is 0 Å². The molecule has 0 bridgehead atoms. The average Bonchev–Trinajstić information content (AvgIpc) is 2.98. The van der Waals surface area contributed by atoms with Gasteiger partial charge in [0.15, 0.2) is 5.78 Å². The quantitative estimate of drug-likeness (QED) is 0.708. The Bertz CT molecular complexity index is 832. The molecule has 3 aromatic carbocycles. The fourth-order valence-electron chi connectivity index (χ4n) is 3.15. The maximum atomic E-state index is 13.0. The van der Waals surface area contributed by atoms with Gasteiger partial charge in [-0.2, -0.15) is 0 Å². The van der Waals surface area contributed by atoms with Crippen LogP contribution in [-0.2, 0) is 0 Å². The van der Waals surface area contributed by atoms with E-state index >= 15 is 0 Å². The smallest absolute Gasteiger partial charge is 0.172 e. The van der Waals surface area contributed by atoms with Gasteiger partial charge < -0.3 is 5.32 Å². The van der Waals surface area contributed by atoms with Crippen molar-refractivity contribution in [3.05, 3.63) is 77.9 Å². The highest BCUT2D eigenvalue weighted by Gasteiger charge is 2.29. The molecule has 0 fully saturated rings. The summed E-state index contributed by atoms with van der Waals surface area (Å²) in [5.41, 5.74) is 3.00. The largest absolute Gasteiger partial charge is 0.384 e. The van der Waals surface area contributed by atoms with Crippen LogP contribution in [0, 0.1) is 0 Å². The molecule has 0 aromatic heterocycles. The van der Waals surface area contributed by atoms with Gasteiger partial charge in [-0.15, -0.1) is 0 Å². The first kappa shape index (κ1) is 12.2. The molecule has 102 valence electrons. The second kappa shape index (κ2) is 4.74. The van der Waals surface area contributed by atoms with E-state index in [2.05, 4.69) is 5.32 Å². The molecule has 0 aliphatic carbocycles. The SMILES string of the molecule is O=C(c1cccc2ccccc12)C1CNc2ccccc21. The van der Waals surface area contributed by atoms with E-state index in [-0.39, 0.29) is 11.7 Å². The lowest BCUT2D eigenvalue weighted by Crippen LogP contribution is -2.15. The molecule has 0 radical (unpaired) electrons. The highest BCUT2D eigenvalue weighted by Crippen LogP contribution is 2.34. The van der Waals surface area contributed by atoms with Gasteiger partial charge in [-0.3, -0.25) is 4.79 Å². The highest BCUT2D eigenvalue weighted by atomic mass is 16.1. The van der Waals surface area contributed by atoms with Crippen LogP contribution in [-0.4, -0.2) is 12.3 Å². The molecule has 1 unspecified atom stereocenters. The Kier molecular flexibility index (Phi) is 2.74. The Morgan fingerprint density at radius 3 is 2.62 bits per heavy atom. The molecule has 1 N–H and O–H groups in total. The summed E-state index contributed by atoms with van der Waals surface area (Å²) in [6.07, 6.45) is 0. The fourth-order valence-corrected chi connectivity index (χ4v) is 3.15. The minimum Gasteiger partial charge on any atom is -0.384 e. The van der Waals surface area contributed by atoms with E-state index in [0.717, 1.165) is 27.6 Å². The lowest BCUT2D eigenvalue weighted by molar-refractivity contribution is 0.0968. The minimum atomic E-state index is -0.0907. The first-order valence-corrected chi connectivity index (χ1v) is 7.19. The summed E-state index contributed by atoms with van der Waals surface area (Å²) in [5.74, 6) is 0.108. The van der Waals surface area contributed by atoms with E-state index in [1.807, 2.05) is 66.7 Å². The molecule has 0 amide bonds. The molecule has 2 nitrogen and oxygen atoms in total. The third-order valence-electron chi connectivity index (χ3n) is 4.20. The maximum absolute atomic E-state index is 13.0. The first-order chi connectivity index (χ1) is 10.3. The molecule has 3 aromatic rings. The molecule has 1 aliphatic heterocycles. The van der Waals surface area contributed by atoms with Gasteiger partial charge in [0.25, 0.3) is 0 Å². The molecule has 1 aliphatic rings. The lowest BCUT2D eigenvalue weighted by atomic mass is 9.90. The molecule has 2 heteroatoms. The summed E-state index contributed by atoms with van der Waals surface area (Å²) >= 11 is 0. The summed E-state index contributed by atoms with van der Waals surface area (Å²) < 4.78 is 0. The number of rotatable bonds is 2. The number of carbonyl (C=O) groups excluding carboxylic acids is 1. The number of carbonyl (C=O) groups is 1. The number of Topliss-reactive ketones (excluding diaryl/α,β-unsaturated/α-hetero) is 1. The molecule has 0 spiro atoms. The lowest BCUT2D eigenvalue weighted by Gasteiger charge is -2.11. The van der Waals surface area contributed by atoms with Crippen molar-refractivity contribution in [1.82, 2.24) is 0 Å². The number of para-hydroxylation sites is 1. The number of benzene rings is 3. The summed E-state index contributed by atoms with van der Waals surface area (Å²) in [4.78, 5) is 13.0. The Morgan fingerprint density at radius 1 is 0.905 bits per heavy atom. The van der Waals surface area contributed by atoms with Crippen LogP contribution < -0.4 is 5.32 Å². The van der Waals surface area contributed by atoms with Crippen molar-refractivity contribution in [2.75, 3.05) is 11.9 Å². The Labute approximate surface area is 123 Å². The molecule has 1 heterocycles. The van der Waals surface area contributed by atoms with Crippen molar-refractivity contribution in [1.29, 1.82) is 0 Å².